The predicted octanol–water partition coefficient (Wildman–Crippen LogP) is 3.47. The van der Waals surface area contributed by atoms with Crippen LogP contribution in [0.1, 0.15) is 5.69 Å². The molecule has 5 rings (SSSR count). The van der Waals surface area contributed by atoms with Gasteiger partial charge in [0.05, 0.1) is 29.7 Å². The fourth-order valence-electron chi connectivity index (χ4n) is 4.28. The van der Waals surface area contributed by atoms with Crippen LogP contribution in [0.25, 0.3) is 22.0 Å². The maximum atomic E-state index is 15.1. The van der Waals surface area contributed by atoms with Crippen LogP contribution < -0.4 is 21.7 Å². The van der Waals surface area contributed by atoms with Gasteiger partial charge in [-0.2, -0.15) is 0 Å². The molecule has 1 fully saturated rings. The Labute approximate surface area is 213 Å². The second-order valence-electron chi connectivity index (χ2n) is 8.61. The molecule has 1 aliphatic heterocycles. The number of hydrogen-bond acceptors (Lipinski definition) is 8. The standard InChI is InChI=1S/C27H26FN7O2/c1-2-23(36)33-19-5-3-4-17(12-19)24-21(28)8-6-18-13-32-26(35-25(18)24)34-20-7-9-22(31-14-20)27(15-29)16-30-10-11-37-27/h2-9,12-14,30H,1,10-11,15-16,29H2,(H,33,36)(H,32,34,35)/t27-/m0/s1. The molecule has 1 saturated heterocycles. The van der Waals surface area contributed by atoms with Gasteiger partial charge in [0.1, 0.15) is 11.4 Å². The van der Waals surface area contributed by atoms with Crippen molar-refractivity contribution in [2.45, 2.75) is 5.60 Å². The fourth-order valence-corrected chi connectivity index (χ4v) is 4.28. The van der Waals surface area contributed by atoms with Crippen LogP contribution >= 0.6 is 0 Å². The minimum absolute atomic E-state index is 0.286. The molecule has 10 heteroatoms. The van der Waals surface area contributed by atoms with Crippen molar-refractivity contribution >= 4 is 34.1 Å². The maximum Gasteiger partial charge on any atom is 0.247 e. The molecular formula is C27H26FN7O2. The summed E-state index contributed by atoms with van der Waals surface area (Å²) in [7, 11) is 0. The number of fused-ring (bicyclic) bond motifs is 1. The van der Waals surface area contributed by atoms with Crippen LogP contribution in [0.5, 0.6) is 0 Å². The van der Waals surface area contributed by atoms with E-state index < -0.39 is 11.4 Å². The first-order valence-corrected chi connectivity index (χ1v) is 11.8. The number of pyridine rings is 1. The van der Waals surface area contributed by atoms with E-state index in [1.54, 1.807) is 42.7 Å². The van der Waals surface area contributed by atoms with E-state index in [4.69, 9.17) is 10.5 Å². The summed E-state index contributed by atoms with van der Waals surface area (Å²) in [6.45, 7) is 5.69. The Morgan fingerprint density at radius 2 is 2.08 bits per heavy atom. The monoisotopic (exact) mass is 499 g/mol. The SMILES string of the molecule is C=CC(=O)Nc1cccc(-c2c(F)ccc3cnc(Nc4ccc([C@]5(CN)CNCCO5)nc4)nc23)c1. The number of nitrogens with zero attached hydrogens (tertiary/aromatic N) is 3. The average Bonchev–Trinajstić information content (AvgIpc) is 2.93. The highest BCUT2D eigenvalue weighted by molar-refractivity contribution is 6.00. The molecule has 0 spiro atoms. The highest BCUT2D eigenvalue weighted by Crippen LogP contribution is 2.32. The Morgan fingerprint density at radius 3 is 2.81 bits per heavy atom. The second-order valence-corrected chi connectivity index (χ2v) is 8.61. The second kappa shape index (κ2) is 10.4. The van der Waals surface area contributed by atoms with Crippen molar-refractivity contribution < 1.29 is 13.9 Å². The number of benzene rings is 2. The molecule has 188 valence electrons. The first kappa shape index (κ1) is 24.4. The van der Waals surface area contributed by atoms with E-state index in [1.165, 1.54) is 12.1 Å². The third kappa shape index (κ3) is 5.03. The number of carbonyl (C=O) groups excluding carboxylic acids is 1. The van der Waals surface area contributed by atoms with Gasteiger partial charge in [-0.05, 0) is 48.0 Å². The number of amides is 1. The molecule has 37 heavy (non-hydrogen) atoms. The van der Waals surface area contributed by atoms with Crippen LogP contribution in [0.2, 0.25) is 0 Å². The maximum absolute atomic E-state index is 15.1. The molecule has 0 radical (unpaired) electrons. The molecule has 2 aromatic heterocycles. The van der Waals surface area contributed by atoms with Crippen LogP contribution in [0.3, 0.4) is 0 Å². The minimum atomic E-state index is -0.664. The van der Waals surface area contributed by atoms with Crippen molar-refractivity contribution in [2.24, 2.45) is 5.73 Å². The van der Waals surface area contributed by atoms with E-state index in [9.17, 15) is 4.79 Å². The first-order chi connectivity index (χ1) is 18.0. The molecule has 0 bridgehead atoms. The Morgan fingerprint density at radius 1 is 1.19 bits per heavy atom. The van der Waals surface area contributed by atoms with Crippen molar-refractivity contribution in [1.29, 1.82) is 0 Å². The summed E-state index contributed by atoms with van der Waals surface area (Å²) >= 11 is 0. The van der Waals surface area contributed by atoms with Gasteiger partial charge in [-0.3, -0.25) is 9.78 Å². The van der Waals surface area contributed by atoms with Gasteiger partial charge in [-0.15, -0.1) is 0 Å². The normalized spacial score (nSPS) is 17.4. The van der Waals surface area contributed by atoms with Gasteiger partial charge in [0.2, 0.25) is 11.9 Å². The Hall–Kier alpha value is -4.25. The smallest absolute Gasteiger partial charge is 0.247 e. The molecular weight excluding hydrogens is 473 g/mol. The van der Waals surface area contributed by atoms with Gasteiger partial charge >= 0.3 is 0 Å². The Balaban J connectivity index is 1.46. The number of hydrogen-bond donors (Lipinski definition) is 4. The summed E-state index contributed by atoms with van der Waals surface area (Å²) in [5, 5.41) is 9.80. The minimum Gasteiger partial charge on any atom is -0.365 e. The van der Waals surface area contributed by atoms with Gasteiger partial charge in [0.15, 0.2) is 0 Å². The predicted molar refractivity (Wildman–Crippen MR) is 141 cm³/mol. The van der Waals surface area contributed by atoms with E-state index >= 15 is 4.39 Å². The molecule has 0 saturated carbocycles. The number of carbonyl (C=O) groups is 1. The largest absolute Gasteiger partial charge is 0.365 e. The zero-order valence-corrected chi connectivity index (χ0v) is 20.0. The number of anilines is 3. The lowest BCUT2D eigenvalue weighted by Gasteiger charge is -2.36. The third-order valence-electron chi connectivity index (χ3n) is 6.19. The van der Waals surface area contributed by atoms with Gasteiger partial charge in [-0.1, -0.05) is 18.7 Å². The zero-order valence-electron chi connectivity index (χ0n) is 20.0. The van der Waals surface area contributed by atoms with Crippen LogP contribution in [-0.2, 0) is 15.1 Å². The highest BCUT2D eigenvalue weighted by Gasteiger charge is 2.35. The molecule has 0 aliphatic carbocycles. The van der Waals surface area contributed by atoms with E-state index in [-0.39, 0.29) is 11.9 Å². The molecule has 9 nitrogen and oxygen atoms in total. The zero-order chi connectivity index (χ0) is 25.8. The van der Waals surface area contributed by atoms with Gasteiger partial charge in [-0.25, -0.2) is 14.4 Å². The van der Waals surface area contributed by atoms with Crippen molar-refractivity contribution in [1.82, 2.24) is 20.3 Å². The summed E-state index contributed by atoms with van der Waals surface area (Å²) in [5.41, 5.74) is 8.55. The number of nitrogens with two attached hydrogens (primary N) is 1. The van der Waals surface area contributed by atoms with Crippen LogP contribution in [0.15, 0.2) is 73.6 Å². The van der Waals surface area contributed by atoms with Crippen molar-refractivity contribution in [3.05, 3.63) is 85.1 Å². The van der Waals surface area contributed by atoms with Gasteiger partial charge in [0, 0.05) is 42.5 Å². The number of ether oxygens (including phenoxy) is 1. The summed E-state index contributed by atoms with van der Waals surface area (Å²) in [6, 6.07) is 13.6. The average molecular weight is 500 g/mol. The number of aromatic nitrogens is 3. The summed E-state index contributed by atoms with van der Waals surface area (Å²) < 4.78 is 21.0. The van der Waals surface area contributed by atoms with Crippen molar-refractivity contribution in [3.8, 4) is 11.1 Å². The summed E-state index contributed by atoms with van der Waals surface area (Å²) in [6.07, 6.45) is 4.47. The highest BCUT2D eigenvalue weighted by atomic mass is 19.1. The number of nitrogens with one attached hydrogen (secondary N) is 3. The van der Waals surface area contributed by atoms with Crippen LogP contribution in [0.4, 0.5) is 21.7 Å². The third-order valence-corrected chi connectivity index (χ3v) is 6.19. The molecule has 2 aromatic carbocycles. The molecule has 1 atom stereocenters. The van der Waals surface area contributed by atoms with Crippen molar-refractivity contribution in [2.75, 3.05) is 36.9 Å². The molecule has 3 heterocycles. The number of rotatable bonds is 7. The molecule has 1 amide bonds. The quantitative estimate of drug-likeness (QED) is 0.285. The lowest BCUT2D eigenvalue weighted by atomic mass is 9.97. The lowest BCUT2D eigenvalue weighted by molar-refractivity contribution is -0.111. The van der Waals surface area contributed by atoms with E-state index in [0.717, 1.165) is 12.2 Å². The van der Waals surface area contributed by atoms with Crippen LogP contribution in [-0.4, -0.2) is 47.1 Å². The van der Waals surface area contributed by atoms with Crippen LogP contribution in [0, 0.1) is 5.82 Å². The summed E-state index contributed by atoms with van der Waals surface area (Å²) in [5.74, 6) is -0.509. The topological polar surface area (TPSA) is 127 Å². The van der Waals surface area contributed by atoms with E-state index in [1.807, 2.05) is 12.1 Å². The lowest BCUT2D eigenvalue weighted by Crippen LogP contribution is -2.52. The molecule has 5 N–H and O–H groups in total. The van der Waals surface area contributed by atoms with Crippen molar-refractivity contribution in [3.63, 3.8) is 0 Å². The number of morpholine rings is 1. The van der Waals surface area contributed by atoms with E-state index in [0.29, 0.717) is 53.1 Å². The van der Waals surface area contributed by atoms with E-state index in [2.05, 4.69) is 37.5 Å². The fraction of sp³-hybridized carbons (Fsp3) is 0.185. The first-order valence-electron chi connectivity index (χ1n) is 11.8. The summed E-state index contributed by atoms with van der Waals surface area (Å²) in [4.78, 5) is 25.3. The van der Waals surface area contributed by atoms with Gasteiger partial charge < -0.3 is 26.4 Å². The molecule has 1 aliphatic rings. The Bertz CT molecular complexity index is 1450. The Kier molecular flexibility index (Phi) is 6.87. The van der Waals surface area contributed by atoms with Gasteiger partial charge in [0.25, 0.3) is 0 Å². The molecule has 0 unspecified atom stereocenters. The number of halogens is 1. The molecule has 4 aromatic rings.